The van der Waals surface area contributed by atoms with Crippen LogP contribution in [0.4, 0.5) is 0 Å². The second-order valence-corrected chi connectivity index (χ2v) is 8.40. The number of phenols is 1. The van der Waals surface area contributed by atoms with Crippen LogP contribution in [0.5, 0.6) is 5.75 Å². The maximum absolute atomic E-state index is 13.1. The number of benzene rings is 1. The quantitative estimate of drug-likeness (QED) is 0.878. The minimum atomic E-state index is -0.0146. The molecular formula is C21H31N3O3. The first kappa shape index (κ1) is 19.7. The average molecular weight is 373 g/mol. The topological polar surface area (TPSA) is 64.1 Å². The number of amides is 2. The molecule has 0 radical (unpaired) electrons. The Morgan fingerprint density at radius 1 is 1.26 bits per heavy atom. The number of hydrogen-bond donors (Lipinski definition) is 1. The van der Waals surface area contributed by atoms with Gasteiger partial charge < -0.3 is 19.8 Å². The third kappa shape index (κ3) is 4.26. The molecule has 2 amide bonds. The molecule has 2 saturated heterocycles. The van der Waals surface area contributed by atoms with E-state index in [1.807, 2.05) is 23.9 Å². The zero-order chi connectivity index (χ0) is 19.6. The molecule has 3 rings (SSSR count). The van der Waals surface area contributed by atoms with E-state index >= 15 is 0 Å². The molecule has 1 aromatic carbocycles. The number of likely N-dealkylation sites (tertiary alicyclic amines) is 2. The Morgan fingerprint density at radius 2 is 2.04 bits per heavy atom. The Morgan fingerprint density at radius 3 is 2.78 bits per heavy atom. The lowest BCUT2D eigenvalue weighted by Crippen LogP contribution is -2.55. The van der Waals surface area contributed by atoms with Crippen molar-refractivity contribution in [3.05, 3.63) is 29.3 Å². The molecule has 1 atom stereocenters. The SMILES string of the molecule is Cc1c(O)cccc1C(=O)N1CCC[C@]2(CCC(=O)N(CCN(C)C)C2)C1. The summed E-state index contributed by atoms with van der Waals surface area (Å²) in [6.07, 6.45) is 3.44. The van der Waals surface area contributed by atoms with Crippen LogP contribution in [0.15, 0.2) is 18.2 Å². The normalized spacial score (nSPS) is 23.3. The summed E-state index contributed by atoms with van der Waals surface area (Å²) in [5.74, 6) is 0.375. The monoisotopic (exact) mass is 373 g/mol. The Kier molecular flexibility index (Phi) is 5.75. The summed E-state index contributed by atoms with van der Waals surface area (Å²) < 4.78 is 0. The second-order valence-electron chi connectivity index (χ2n) is 8.40. The lowest BCUT2D eigenvalue weighted by Gasteiger charge is -2.48. The molecule has 2 fully saturated rings. The van der Waals surface area contributed by atoms with Crippen LogP contribution in [-0.2, 0) is 4.79 Å². The molecule has 2 heterocycles. The van der Waals surface area contributed by atoms with Gasteiger partial charge in [-0.3, -0.25) is 9.59 Å². The maximum atomic E-state index is 13.1. The predicted octanol–water partition coefficient (Wildman–Crippen LogP) is 2.11. The Balaban J connectivity index is 1.73. The van der Waals surface area contributed by atoms with Gasteiger partial charge in [0.05, 0.1) is 0 Å². The number of carbonyl (C=O) groups is 2. The molecule has 148 valence electrons. The van der Waals surface area contributed by atoms with Gasteiger partial charge in [0.1, 0.15) is 5.75 Å². The van der Waals surface area contributed by atoms with Crippen molar-refractivity contribution in [2.24, 2.45) is 5.41 Å². The highest BCUT2D eigenvalue weighted by Crippen LogP contribution is 2.39. The predicted molar refractivity (Wildman–Crippen MR) is 105 cm³/mol. The van der Waals surface area contributed by atoms with E-state index in [0.29, 0.717) is 24.1 Å². The second kappa shape index (κ2) is 7.89. The van der Waals surface area contributed by atoms with Gasteiger partial charge in [0.15, 0.2) is 0 Å². The van der Waals surface area contributed by atoms with Gasteiger partial charge in [-0.15, -0.1) is 0 Å². The van der Waals surface area contributed by atoms with Crippen LogP contribution >= 0.6 is 0 Å². The molecule has 0 aromatic heterocycles. The number of nitrogens with zero attached hydrogens (tertiary/aromatic N) is 3. The van der Waals surface area contributed by atoms with Crippen LogP contribution in [0.2, 0.25) is 0 Å². The van der Waals surface area contributed by atoms with Crippen molar-refractivity contribution in [3.8, 4) is 5.75 Å². The zero-order valence-electron chi connectivity index (χ0n) is 16.7. The van der Waals surface area contributed by atoms with Crippen molar-refractivity contribution in [2.75, 3.05) is 46.8 Å². The van der Waals surface area contributed by atoms with Gasteiger partial charge in [0, 0.05) is 55.7 Å². The van der Waals surface area contributed by atoms with E-state index in [0.717, 1.165) is 45.4 Å². The van der Waals surface area contributed by atoms with Crippen molar-refractivity contribution < 1.29 is 14.7 Å². The van der Waals surface area contributed by atoms with Gasteiger partial charge in [-0.2, -0.15) is 0 Å². The lowest BCUT2D eigenvalue weighted by atomic mass is 9.73. The molecule has 0 unspecified atom stereocenters. The average Bonchev–Trinajstić information content (AvgIpc) is 2.64. The molecule has 0 aliphatic carbocycles. The van der Waals surface area contributed by atoms with Crippen molar-refractivity contribution in [3.63, 3.8) is 0 Å². The Labute approximate surface area is 161 Å². The number of likely N-dealkylation sites (N-methyl/N-ethyl adjacent to an activating group) is 1. The highest BCUT2D eigenvalue weighted by molar-refractivity contribution is 5.96. The number of piperidine rings is 2. The molecular weight excluding hydrogens is 342 g/mol. The summed E-state index contributed by atoms with van der Waals surface area (Å²) in [5.41, 5.74) is 1.20. The van der Waals surface area contributed by atoms with E-state index in [-0.39, 0.29) is 23.0 Å². The number of rotatable bonds is 4. The third-order valence-electron chi connectivity index (χ3n) is 6.05. The minimum Gasteiger partial charge on any atom is -0.508 e. The zero-order valence-corrected chi connectivity index (χ0v) is 16.7. The number of hydrogen-bond acceptors (Lipinski definition) is 4. The summed E-state index contributed by atoms with van der Waals surface area (Å²) in [6.45, 7) is 5.54. The fourth-order valence-electron chi connectivity index (χ4n) is 4.37. The maximum Gasteiger partial charge on any atom is 0.254 e. The van der Waals surface area contributed by atoms with Crippen LogP contribution in [0, 0.1) is 12.3 Å². The largest absolute Gasteiger partial charge is 0.508 e. The smallest absolute Gasteiger partial charge is 0.254 e. The van der Waals surface area contributed by atoms with Crippen LogP contribution in [0.1, 0.15) is 41.6 Å². The van der Waals surface area contributed by atoms with E-state index in [1.54, 1.807) is 25.1 Å². The van der Waals surface area contributed by atoms with Gasteiger partial charge in [-0.25, -0.2) is 0 Å². The van der Waals surface area contributed by atoms with Gasteiger partial charge in [0.25, 0.3) is 5.91 Å². The molecule has 0 bridgehead atoms. The summed E-state index contributed by atoms with van der Waals surface area (Å²) >= 11 is 0. The summed E-state index contributed by atoms with van der Waals surface area (Å²) in [4.78, 5) is 31.4. The van der Waals surface area contributed by atoms with E-state index in [9.17, 15) is 14.7 Å². The summed E-state index contributed by atoms with van der Waals surface area (Å²) in [7, 11) is 4.03. The third-order valence-corrected chi connectivity index (χ3v) is 6.05. The molecule has 0 saturated carbocycles. The van der Waals surface area contributed by atoms with Gasteiger partial charge in [0.2, 0.25) is 5.91 Å². The van der Waals surface area contributed by atoms with Crippen LogP contribution in [-0.4, -0.2) is 78.4 Å². The van der Waals surface area contributed by atoms with Gasteiger partial charge in [-0.05, 0) is 52.4 Å². The molecule has 6 nitrogen and oxygen atoms in total. The Bertz CT molecular complexity index is 719. The van der Waals surface area contributed by atoms with Crippen LogP contribution in [0.25, 0.3) is 0 Å². The minimum absolute atomic E-state index is 0.00113. The molecule has 1 aromatic rings. The van der Waals surface area contributed by atoms with Crippen molar-refractivity contribution in [2.45, 2.75) is 32.6 Å². The highest BCUT2D eigenvalue weighted by atomic mass is 16.3. The van der Waals surface area contributed by atoms with Crippen molar-refractivity contribution in [1.82, 2.24) is 14.7 Å². The van der Waals surface area contributed by atoms with E-state index in [4.69, 9.17) is 0 Å². The molecule has 2 aliphatic heterocycles. The van der Waals surface area contributed by atoms with E-state index in [2.05, 4.69) is 4.90 Å². The summed E-state index contributed by atoms with van der Waals surface area (Å²) in [6, 6.07) is 5.11. The highest BCUT2D eigenvalue weighted by Gasteiger charge is 2.42. The lowest BCUT2D eigenvalue weighted by molar-refractivity contribution is -0.139. The first-order chi connectivity index (χ1) is 12.8. The number of phenolic OH excluding ortho intramolecular Hbond substituents is 1. The Hall–Kier alpha value is -2.08. The first-order valence-corrected chi connectivity index (χ1v) is 9.82. The van der Waals surface area contributed by atoms with E-state index in [1.165, 1.54) is 0 Å². The van der Waals surface area contributed by atoms with E-state index < -0.39 is 0 Å². The standard InChI is InChI=1S/C21H31N3O3/c1-16-17(6-4-7-18(16)25)20(27)24-11-5-9-21(15-24)10-8-19(26)23(14-21)13-12-22(2)3/h4,6-7,25H,5,8-15H2,1-3H3/t21-/m1/s1. The van der Waals surface area contributed by atoms with Crippen molar-refractivity contribution in [1.29, 1.82) is 0 Å². The van der Waals surface area contributed by atoms with Gasteiger partial charge in [-0.1, -0.05) is 6.07 Å². The molecule has 1 N–H and O–H groups in total. The fourth-order valence-corrected chi connectivity index (χ4v) is 4.37. The molecule has 2 aliphatic rings. The van der Waals surface area contributed by atoms with Crippen LogP contribution in [0.3, 0.4) is 0 Å². The molecule has 1 spiro atoms. The van der Waals surface area contributed by atoms with Crippen molar-refractivity contribution >= 4 is 11.8 Å². The number of carbonyl (C=O) groups excluding carboxylic acids is 2. The summed E-state index contributed by atoms with van der Waals surface area (Å²) in [5, 5.41) is 9.94. The van der Waals surface area contributed by atoms with Gasteiger partial charge >= 0.3 is 0 Å². The van der Waals surface area contributed by atoms with Crippen LogP contribution < -0.4 is 0 Å². The molecule has 27 heavy (non-hydrogen) atoms. The fraction of sp³-hybridized carbons (Fsp3) is 0.619. The molecule has 6 heteroatoms. The first-order valence-electron chi connectivity index (χ1n) is 9.82. The number of aromatic hydroxyl groups is 1.